The van der Waals surface area contributed by atoms with Gasteiger partial charge in [-0.15, -0.1) is 0 Å². The van der Waals surface area contributed by atoms with E-state index in [0.29, 0.717) is 6.42 Å². The van der Waals surface area contributed by atoms with Crippen molar-refractivity contribution in [1.82, 2.24) is 5.32 Å². The number of carboxylic acids is 1. The summed E-state index contributed by atoms with van der Waals surface area (Å²) in [5, 5.41) is 19.8. The summed E-state index contributed by atoms with van der Waals surface area (Å²) in [5.74, 6) is -1.96. The number of carbonyl (C=O) groups is 2. The molecule has 1 aromatic rings. The molecule has 18 heavy (non-hydrogen) atoms. The van der Waals surface area contributed by atoms with Crippen LogP contribution in [0.2, 0.25) is 0 Å². The maximum atomic E-state index is 11.7. The molecule has 0 fully saturated rings. The number of rotatable bonds is 6. The SMILES string of the molecule is C[C@@H](Cc1ccccc1)C(=O)N[C@@H](CO)C(=O)O. The molecule has 5 nitrogen and oxygen atoms in total. The van der Waals surface area contributed by atoms with Crippen molar-refractivity contribution in [2.45, 2.75) is 19.4 Å². The molecule has 0 aliphatic rings. The van der Waals surface area contributed by atoms with Crippen LogP contribution < -0.4 is 5.32 Å². The third-order valence-electron chi connectivity index (χ3n) is 2.63. The van der Waals surface area contributed by atoms with E-state index in [2.05, 4.69) is 5.32 Å². The molecule has 0 radical (unpaired) electrons. The van der Waals surface area contributed by atoms with Crippen molar-refractivity contribution in [1.29, 1.82) is 0 Å². The maximum Gasteiger partial charge on any atom is 0.328 e. The smallest absolute Gasteiger partial charge is 0.328 e. The lowest BCUT2D eigenvalue weighted by Gasteiger charge is -2.16. The number of hydrogen-bond donors (Lipinski definition) is 3. The molecule has 0 bridgehead atoms. The summed E-state index contributed by atoms with van der Waals surface area (Å²) >= 11 is 0. The first-order valence-corrected chi connectivity index (χ1v) is 5.72. The van der Waals surface area contributed by atoms with E-state index in [4.69, 9.17) is 10.2 Å². The Morgan fingerprint density at radius 1 is 1.28 bits per heavy atom. The average molecular weight is 251 g/mol. The fourth-order valence-electron chi connectivity index (χ4n) is 1.56. The zero-order chi connectivity index (χ0) is 13.5. The molecule has 0 aliphatic heterocycles. The summed E-state index contributed by atoms with van der Waals surface area (Å²) in [6.07, 6.45) is 0.532. The molecule has 0 saturated carbocycles. The van der Waals surface area contributed by atoms with E-state index in [0.717, 1.165) is 5.56 Å². The summed E-state index contributed by atoms with van der Waals surface area (Å²) in [4.78, 5) is 22.4. The molecule has 5 heteroatoms. The molecule has 3 N–H and O–H groups in total. The van der Waals surface area contributed by atoms with Crippen LogP contribution >= 0.6 is 0 Å². The lowest BCUT2D eigenvalue weighted by Crippen LogP contribution is -2.45. The fraction of sp³-hybridized carbons (Fsp3) is 0.385. The highest BCUT2D eigenvalue weighted by Gasteiger charge is 2.22. The molecule has 0 spiro atoms. The lowest BCUT2D eigenvalue weighted by molar-refractivity contribution is -0.143. The molecule has 2 atom stereocenters. The molecule has 0 saturated heterocycles. The van der Waals surface area contributed by atoms with Gasteiger partial charge in [0, 0.05) is 5.92 Å². The highest BCUT2D eigenvalue weighted by atomic mass is 16.4. The van der Waals surface area contributed by atoms with Crippen LogP contribution in [0.4, 0.5) is 0 Å². The van der Waals surface area contributed by atoms with Gasteiger partial charge in [-0.25, -0.2) is 4.79 Å². The summed E-state index contributed by atoms with van der Waals surface area (Å²) in [6, 6.07) is 8.23. The van der Waals surface area contributed by atoms with E-state index in [1.807, 2.05) is 30.3 Å². The molecule has 0 aliphatic carbocycles. The van der Waals surface area contributed by atoms with Crippen LogP contribution in [0.1, 0.15) is 12.5 Å². The number of benzene rings is 1. The van der Waals surface area contributed by atoms with Gasteiger partial charge < -0.3 is 15.5 Å². The Morgan fingerprint density at radius 3 is 2.39 bits per heavy atom. The number of amides is 1. The van der Waals surface area contributed by atoms with Crippen molar-refractivity contribution in [3.63, 3.8) is 0 Å². The molecule has 0 aromatic heterocycles. The third kappa shape index (κ3) is 4.18. The number of nitrogens with one attached hydrogen (secondary N) is 1. The van der Waals surface area contributed by atoms with E-state index >= 15 is 0 Å². The minimum atomic E-state index is -1.24. The summed E-state index contributed by atoms with van der Waals surface area (Å²) < 4.78 is 0. The molecule has 0 unspecified atom stereocenters. The molecule has 0 heterocycles. The Morgan fingerprint density at radius 2 is 1.89 bits per heavy atom. The fourth-order valence-corrected chi connectivity index (χ4v) is 1.56. The maximum absolute atomic E-state index is 11.7. The van der Waals surface area contributed by atoms with Crippen molar-refractivity contribution >= 4 is 11.9 Å². The van der Waals surface area contributed by atoms with Crippen LogP contribution in [-0.2, 0) is 16.0 Å². The van der Waals surface area contributed by atoms with Gasteiger partial charge in [-0.1, -0.05) is 37.3 Å². The van der Waals surface area contributed by atoms with Gasteiger partial charge in [-0.3, -0.25) is 4.79 Å². The molecular formula is C13H17NO4. The molecular weight excluding hydrogens is 234 g/mol. The number of carboxylic acid groups (broad SMARTS) is 1. The van der Waals surface area contributed by atoms with Gasteiger partial charge in [0.1, 0.15) is 6.04 Å². The molecule has 1 aromatic carbocycles. The lowest BCUT2D eigenvalue weighted by atomic mass is 10.00. The Balaban J connectivity index is 2.54. The summed E-state index contributed by atoms with van der Waals surface area (Å²) in [7, 11) is 0. The number of aliphatic hydroxyl groups is 1. The predicted octanol–water partition coefficient (Wildman–Crippen LogP) is 0.427. The Hall–Kier alpha value is -1.88. The van der Waals surface area contributed by atoms with Gasteiger partial charge in [0.05, 0.1) is 6.61 Å². The van der Waals surface area contributed by atoms with Gasteiger partial charge in [0.2, 0.25) is 5.91 Å². The monoisotopic (exact) mass is 251 g/mol. The third-order valence-corrected chi connectivity index (χ3v) is 2.63. The van der Waals surface area contributed by atoms with E-state index in [-0.39, 0.29) is 11.8 Å². The number of carbonyl (C=O) groups excluding carboxylic acids is 1. The minimum Gasteiger partial charge on any atom is -0.480 e. The first kappa shape index (κ1) is 14.2. The van der Waals surface area contributed by atoms with Crippen LogP contribution in [0.5, 0.6) is 0 Å². The van der Waals surface area contributed by atoms with Crippen LogP contribution in [0.25, 0.3) is 0 Å². The number of aliphatic carboxylic acids is 1. The van der Waals surface area contributed by atoms with Crippen molar-refractivity contribution in [2.24, 2.45) is 5.92 Å². The van der Waals surface area contributed by atoms with Crippen molar-refractivity contribution in [3.05, 3.63) is 35.9 Å². The van der Waals surface area contributed by atoms with E-state index in [1.54, 1.807) is 6.92 Å². The predicted molar refractivity (Wildman–Crippen MR) is 66.0 cm³/mol. The van der Waals surface area contributed by atoms with Gasteiger partial charge in [-0.05, 0) is 12.0 Å². The van der Waals surface area contributed by atoms with Gasteiger partial charge in [0.15, 0.2) is 0 Å². The van der Waals surface area contributed by atoms with Crippen LogP contribution in [0.15, 0.2) is 30.3 Å². The highest BCUT2D eigenvalue weighted by Crippen LogP contribution is 2.08. The number of aliphatic hydroxyl groups excluding tert-OH is 1. The average Bonchev–Trinajstić information content (AvgIpc) is 2.36. The summed E-state index contributed by atoms with van der Waals surface area (Å²) in [5.41, 5.74) is 1.01. The molecule has 1 amide bonds. The second-order valence-electron chi connectivity index (χ2n) is 4.17. The van der Waals surface area contributed by atoms with E-state index in [9.17, 15) is 9.59 Å². The second-order valence-corrected chi connectivity index (χ2v) is 4.17. The van der Waals surface area contributed by atoms with E-state index in [1.165, 1.54) is 0 Å². The van der Waals surface area contributed by atoms with E-state index < -0.39 is 18.6 Å². The quantitative estimate of drug-likeness (QED) is 0.684. The normalized spacial score (nSPS) is 13.7. The molecule has 98 valence electrons. The highest BCUT2D eigenvalue weighted by molar-refractivity contribution is 5.85. The van der Waals surface area contributed by atoms with Crippen molar-refractivity contribution in [3.8, 4) is 0 Å². The largest absolute Gasteiger partial charge is 0.480 e. The Kier molecular flexibility index (Phi) is 5.32. The van der Waals surface area contributed by atoms with Crippen molar-refractivity contribution < 1.29 is 19.8 Å². The zero-order valence-corrected chi connectivity index (χ0v) is 10.2. The topological polar surface area (TPSA) is 86.6 Å². The second kappa shape index (κ2) is 6.76. The van der Waals surface area contributed by atoms with Gasteiger partial charge >= 0.3 is 5.97 Å². The first-order valence-electron chi connectivity index (χ1n) is 5.72. The Bertz CT molecular complexity index is 405. The van der Waals surface area contributed by atoms with Crippen LogP contribution in [-0.4, -0.2) is 34.7 Å². The number of hydrogen-bond acceptors (Lipinski definition) is 3. The summed E-state index contributed by atoms with van der Waals surface area (Å²) in [6.45, 7) is 1.11. The first-order chi connectivity index (χ1) is 8.54. The van der Waals surface area contributed by atoms with Gasteiger partial charge in [0.25, 0.3) is 0 Å². The zero-order valence-electron chi connectivity index (χ0n) is 10.2. The van der Waals surface area contributed by atoms with Gasteiger partial charge in [-0.2, -0.15) is 0 Å². The standard InChI is InChI=1S/C13H17NO4/c1-9(7-10-5-3-2-4-6-10)12(16)14-11(8-15)13(17)18/h2-6,9,11,15H,7-8H2,1H3,(H,14,16)(H,17,18)/t9-,11-/m0/s1. The Labute approximate surface area is 105 Å². The van der Waals surface area contributed by atoms with Crippen LogP contribution in [0.3, 0.4) is 0 Å². The minimum absolute atomic E-state index is 0.346. The van der Waals surface area contributed by atoms with Crippen molar-refractivity contribution in [2.75, 3.05) is 6.61 Å². The molecule has 1 rings (SSSR count). The van der Waals surface area contributed by atoms with Crippen LogP contribution in [0, 0.1) is 5.92 Å².